The Morgan fingerprint density at radius 2 is 1.62 bits per heavy atom. The van der Waals surface area contributed by atoms with Crippen LogP contribution >= 0.6 is 0 Å². The first-order valence-corrected chi connectivity index (χ1v) is 6.45. The van der Waals surface area contributed by atoms with Crippen molar-refractivity contribution in [2.24, 2.45) is 0 Å². The van der Waals surface area contributed by atoms with E-state index in [0.29, 0.717) is 11.3 Å². The third kappa shape index (κ3) is 3.48. The molecule has 0 aromatic heterocycles. The van der Waals surface area contributed by atoms with E-state index in [0.717, 1.165) is 0 Å². The highest BCUT2D eigenvalue weighted by Gasteiger charge is 2.21. The molecule has 1 unspecified atom stereocenters. The first-order chi connectivity index (χ1) is 7.30. The summed E-state index contributed by atoms with van der Waals surface area (Å²) in [4.78, 5) is 0. The molecule has 0 spiro atoms. The Hall–Kier alpha value is -1.10. The zero-order valence-electron chi connectivity index (χ0n) is 9.48. The predicted molar refractivity (Wildman–Crippen MR) is 60.6 cm³/mol. The SMILES string of the molecule is CC(C)Oc1ccc(C(C)S(=O)(=O)F)cc1. The fourth-order valence-corrected chi connectivity index (χ4v) is 1.73. The van der Waals surface area contributed by atoms with Crippen molar-refractivity contribution < 1.29 is 17.0 Å². The molecule has 0 heterocycles. The molecular formula is C11H15FO3S. The maximum Gasteiger partial charge on any atom is 0.309 e. The summed E-state index contributed by atoms with van der Waals surface area (Å²) < 4.78 is 39.5. The lowest BCUT2D eigenvalue weighted by Gasteiger charge is -2.11. The van der Waals surface area contributed by atoms with Crippen LogP contribution in [0.25, 0.3) is 0 Å². The van der Waals surface area contributed by atoms with E-state index in [2.05, 4.69) is 0 Å². The van der Waals surface area contributed by atoms with Crippen LogP contribution in [-0.2, 0) is 10.2 Å². The maximum atomic E-state index is 12.7. The minimum atomic E-state index is -4.53. The van der Waals surface area contributed by atoms with Crippen molar-refractivity contribution >= 4 is 10.2 Å². The number of ether oxygens (including phenoxy) is 1. The average Bonchev–Trinajstić information content (AvgIpc) is 2.15. The Balaban J connectivity index is 2.87. The van der Waals surface area contributed by atoms with E-state index >= 15 is 0 Å². The van der Waals surface area contributed by atoms with Crippen molar-refractivity contribution in [3.63, 3.8) is 0 Å². The van der Waals surface area contributed by atoms with Gasteiger partial charge >= 0.3 is 10.2 Å². The fourth-order valence-electron chi connectivity index (χ4n) is 1.25. The van der Waals surface area contributed by atoms with Crippen LogP contribution in [0.15, 0.2) is 24.3 Å². The number of benzene rings is 1. The highest BCUT2D eigenvalue weighted by molar-refractivity contribution is 7.86. The van der Waals surface area contributed by atoms with E-state index in [-0.39, 0.29) is 6.10 Å². The summed E-state index contributed by atoms with van der Waals surface area (Å²) in [6.07, 6.45) is 0.0492. The van der Waals surface area contributed by atoms with Crippen LogP contribution in [0.2, 0.25) is 0 Å². The molecule has 0 amide bonds. The topological polar surface area (TPSA) is 43.4 Å². The van der Waals surface area contributed by atoms with E-state index in [1.54, 1.807) is 24.3 Å². The smallest absolute Gasteiger partial charge is 0.309 e. The molecule has 90 valence electrons. The summed E-state index contributed by atoms with van der Waals surface area (Å²) in [7, 11) is -4.53. The van der Waals surface area contributed by atoms with Crippen LogP contribution in [0, 0.1) is 0 Å². The maximum absolute atomic E-state index is 12.7. The van der Waals surface area contributed by atoms with Crippen molar-refractivity contribution in [1.82, 2.24) is 0 Å². The van der Waals surface area contributed by atoms with Gasteiger partial charge in [0.25, 0.3) is 0 Å². The molecule has 0 saturated heterocycles. The molecule has 0 bridgehead atoms. The first kappa shape index (κ1) is 13.0. The van der Waals surface area contributed by atoms with Crippen molar-refractivity contribution in [2.75, 3.05) is 0 Å². The highest BCUT2D eigenvalue weighted by Crippen LogP contribution is 2.25. The van der Waals surface area contributed by atoms with Crippen LogP contribution in [0.1, 0.15) is 31.6 Å². The molecule has 0 radical (unpaired) electrons. The summed E-state index contributed by atoms with van der Waals surface area (Å²) >= 11 is 0. The second kappa shape index (κ2) is 4.82. The van der Waals surface area contributed by atoms with E-state index in [4.69, 9.17) is 4.74 Å². The van der Waals surface area contributed by atoms with Gasteiger partial charge in [0, 0.05) is 0 Å². The second-order valence-corrected chi connectivity index (χ2v) is 5.51. The van der Waals surface area contributed by atoms with Crippen LogP contribution in [0.4, 0.5) is 3.89 Å². The van der Waals surface area contributed by atoms with Crippen molar-refractivity contribution in [3.8, 4) is 5.75 Å². The normalized spacial score (nSPS) is 13.8. The van der Waals surface area contributed by atoms with E-state index in [1.165, 1.54) is 6.92 Å². The largest absolute Gasteiger partial charge is 0.491 e. The third-order valence-corrected chi connectivity index (χ3v) is 3.26. The van der Waals surface area contributed by atoms with E-state index < -0.39 is 15.5 Å². The monoisotopic (exact) mass is 246 g/mol. The predicted octanol–water partition coefficient (Wildman–Crippen LogP) is 2.83. The summed E-state index contributed by atoms with van der Waals surface area (Å²) in [5, 5.41) is -1.14. The number of halogens is 1. The van der Waals surface area contributed by atoms with Crippen molar-refractivity contribution in [2.45, 2.75) is 32.1 Å². The van der Waals surface area contributed by atoms with E-state index in [9.17, 15) is 12.3 Å². The average molecular weight is 246 g/mol. The number of hydrogen-bond donors (Lipinski definition) is 0. The molecule has 0 fully saturated rings. The van der Waals surface area contributed by atoms with Crippen molar-refractivity contribution in [3.05, 3.63) is 29.8 Å². The quantitative estimate of drug-likeness (QED) is 0.767. The Morgan fingerprint density at radius 3 is 2.00 bits per heavy atom. The Bertz CT molecular complexity index is 437. The van der Waals surface area contributed by atoms with Gasteiger partial charge in [-0.1, -0.05) is 12.1 Å². The fraction of sp³-hybridized carbons (Fsp3) is 0.455. The lowest BCUT2D eigenvalue weighted by Crippen LogP contribution is -2.06. The van der Waals surface area contributed by atoms with Gasteiger partial charge in [-0.05, 0) is 38.5 Å². The highest BCUT2D eigenvalue weighted by atomic mass is 32.3. The van der Waals surface area contributed by atoms with Gasteiger partial charge in [-0.25, -0.2) is 0 Å². The summed E-state index contributed by atoms with van der Waals surface area (Å²) in [5.74, 6) is 0.641. The Kier molecular flexibility index (Phi) is 3.91. The summed E-state index contributed by atoms with van der Waals surface area (Å²) in [6.45, 7) is 5.10. The lowest BCUT2D eigenvalue weighted by molar-refractivity contribution is 0.242. The van der Waals surface area contributed by atoms with Gasteiger partial charge in [0.05, 0.1) is 6.10 Å². The van der Waals surface area contributed by atoms with Gasteiger partial charge in [-0.3, -0.25) is 0 Å². The number of hydrogen-bond acceptors (Lipinski definition) is 3. The van der Waals surface area contributed by atoms with Crippen LogP contribution in [0.5, 0.6) is 5.75 Å². The number of rotatable bonds is 4. The molecule has 0 aliphatic heterocycles. The van der Waals surface area contributed by atoms with Gasteiger partial charge < -0.3 is 4.74 Å². The first-order valence-electron chi connectivity index (χ1n) is 5.01. The van der Waals surface area contributed by atoms with Gasteiger partial charge in [-0.2, -0.15) is 8.42 Å². The summed E-state index contributed by atoms with van der Waals surface area (Å²) in [6, 6.07) is 6.38. The molecule has 0 aliphatic rings. The van der Waals surface area contributed by atoms with Crippen LogP contribution in [-0.4, -0.2) is 14.5 Å². The van der Waals surface area contributed by atoms with E-state index in [1.807, 2.05) is 13.8 Å². The summed E-state index contributed by atoms with van der Waals surface area (Å²) in [5.41, 5.74) is 0.415. The standard InChI is InChI=1S/C11H15FO3S/c1-8(2)15-11-6-4-10(5-7-11)9(3)16(12,13)14/h4-9H,1-3H3. The van der Waals surface area contributed by atoms with Crippen LogP contribution in [0.3, 0.4) is 0 Å². The van der Waals surface area contributed by atoms with Crippen molar-refractivity contribution in [1.29, 1.82) is 0 Å². The molecule has 0 saturated carbocycles. The Morgan fingerprint density at radius 1 is 1.12 bits per heavy atom. The zero-order chi connectivity index (χ0) is 12.3. The van der Waals surface area contributed by atoms with Gasteiger partial charge in [0.15, 0.2) is 0 Å². The Labute approximate surface area is 95.5 Å². The van der Waals surface area contributed by atoms with Gasteiger partial charge in [0.2, 0.25) is 0 Å². The third-order valence-electron chi connectivity index (χ3n) is 2.14. The molecule has 5 heteroatoms. The lowest BCUT2D eigenvalue weighted by atomic mass is 10.1. The second-order valence-electron chi connectivity index (χ2n) is 3.85. The van der Waals surface area contributed by atoms with Gasteiger partial charge in [-0.15, -0.1) is 3.89 Å². The molecule has 0 aliphatic carbocycles. The zero-order valence-corrected chi connectivity index (χ0v) is 10.3. The molecule has 16 heavy (non-hydrogen) atoms. The molecule has 1 aromatic carbocycles. The molecule has 1 atom stereocenters. The van der Waals surface area contributed by atoms with Gasteiger partial charge in [0.1, 0.15) is 11.0 Å². The molecule has 1 aromatic rings. The van der Waals surface area contributed by atoms with Crippen LogP contribution < -0.4 is 4.74 Å². The minimum absolute atomic E-state index is 0.0492. The molecule has 0 N–H and O–H groups in total. The molecule has 3 nitrogen and oxygen atoms in total. The minimum Gasteiger partial charge on any atom is -0.491 e. The molecule has 1 rings (SSSR count). The molecular weight excluding hydrogens is 231 g/mol.